The molecular formula is C17H16F2N2O2. The summed E-state index contributed by atoms with van der Waals surface area (Å²) in [5.41, 5.74) is 0.113. The zero-order chi connectivity index (χ0) is 17.0. The van der Waals surface area contributed by atoms with Crippen molar-refractivity contribution >= 4 is 17.5 Å². The minimum atomic E-state index is -0.935. The highest BCUT2D eigenvalue weighted by atomic mass is 19.1. The molecule has 0 aliphatic carbocycles. The van der Waals surface area contributed by atoms with Gasteiger partial charge < -0.3 is 10.6 Å². The van der Waals surface area contributed by atoms with Crippen LogP contribution in [0.4, 0.5) is 14.5 Å². The molecular weight excluding hydrogens is 302 g/mol. The maximum absolute atomic E-state index is 13.5. The molecule has 0 aliphatic rings. The predicted molar refractivity (Wildman–Crippen MR) is 83.4 cm³/mol. The molecule has 0 aliphatic heterocycles. The van der Waals surface area contributed by atoms with Crippen molar-refractivity contribution in [3.05, 3.63) is 65.2 Å². The molecule has 0 atom stereocenters. The summed E-state index contributed by atoms with van der Waals surface area (Å²) in [4.78, 5) is 23.8. The maximum Gasteiger partial charge on any atom is 0.261 e. The molecule has 0 spiro atoms. The molecule has 23 heavy (non-hydrogen) atoms. The van der Waals surface area contributed by atoms with Crippen molar-refractivity contribution in [3.8, 4) is 0 Å². The number of nitrogens with one attached hydrogen (secondary N) is 2. The van der Waals surface area contributed by atoms with Gasteiger partial charge in [-0.1, -0.05) is 6.07 Å². The molecule has 2 aromatic rings. The van der Waals surface area contributed by atoms with Crippen molar-refractivity contribution in [3.63, 3.8) is 0 Å². The number of carbonyl (C=O) groups excluding carboxylic acids is 2. The van der Waals surface area contributed by atoms with Gasteiger partial charge in [-0.05, 0) is 50.2 Å². The summed E-state index contributed by atoms with van der Waals surface area (Å²) in [5.74, 6) is -3.00. The van der Waals surface area contributed by atoms with E-state index in [4.69, 9.17) is 0 Å². The average molecular weight is 318 g/mol. The van der Waals surface area contributed by atoms with E-state index in [-0.39, 0.29) is 11.9 Å². The van der Waals surface area contributed by atoms with E-state index in [1.54, 1.807) is 0 Å². The van der Waals surface area contributed by atoms with Gasteiger partial charge in [-0.15, -0.1) is 0 Å². The van der Waals surface area contributed by atoms with Gasteiger partial charge in [0.1, 0.15) is 17.2 Å². The molecule has 0 saturated carbocycles. The normalized spacial score (nSPS) is 10.5. The lowest BCUT2D eigenvalue weighted by Gasteiger charge is -2.10. The predicted octanol–water partition coefficient (Wildman–Crippen LogP) is 3.36. The molecule has 0 heterocycles. The highest BCUT2D eigenvalue weighted by Gasteiger charge is 2.17. The number of benzene rings is 2. The second kappa shape index (κ2) is 7.00. The molecule has 0 aromatic heterocycles. The third-order valence-corrected chi connectivity index (χ3v) is 3.01. The van der Waals surface area contributed by atoms with Crippen molar-refractivity contribution < 1.29 is 18.4 Å². The van der Waals surface area contributed by atoms with Crippen molar-refractivity contribution in [1.29, 1.82) is 0 Å². The second-order valence-electron chi connectivity index (χ2n) is 5.26. The lowest BCUT2D eigenvalue weighted by molar-refractivity contribution is 0.0942. The number of halogens is 2. The summed E-state index contributed by atoms with van der Waals surface area (Å²) < 4.78 is 27.1. The average Bonchev–Trinajstić information content (AvgIpc) is 2.47. The van der Waals surface area contributed by atoms with Crippen molar-refractivity contribution in [2.24, 2.45) is 0 Å². The first-order valence-electron chi connectivity index (χ1n) is 7.04. The van der Waals surface area contributed by atoms with Gasteiger partial charge in [-0.2, -0.15) is 0 Å². The molecule has 2 rings (SSSR count). The standard InChI is InChI=1S/C17H16F2N2O2/c1-10(2)20-16(22)11-6-8-12(9-7-11)21-17(23)15-13(18)4-3-5-14(15)19/h3-10H,1-2H3,(H,20,22)(H,21,23). The van der Waals surface area contributed by atoms with Gasteiger partial charge in [0, 0.05) is 17.3 Å². The highest BCUT2D eigenvalue weighted by Crippen LogP contribution is 2.16. The van der Waals surface area contributed by atoms with Crippen LogP contribution in [0.2, 0.25) is 0 Å². The van der Waals surface area contributed by atoms with Gasteiger partial charge in [0.05, 0.1) is 0 Å². The zero-order valence-electron chi connectivity index (χ0n) is 12.7. The van der Waals surface area contributed by atoms with E-state index in [9.17, 15) is 18.4 Å². The molecule has 0 fully saturated rings. The van der Waals surface area contributed by atoms with Crippen molar-refractivity contribution in [2.45, 2.75) is 19.9 Å². The van der Waals surface area contributed by atoms with Gasteiger partial charge in [-0.3, -0.25) is 9.59 Å². The van der Waals surface area contributed by atoms with Crippen LogP contribution in [0.25, 0.3) is 0 Å². The number of anilines is 1. The molecule has 0 saturated heterocycles. The Morgan fingerprint density at radius 1 is 0.913 bits per heavy atom. The first kappa shape index (κ1) is 16.6. The van der Waals surface area contributed by atoms with E-state index < -0.39 is 23.1 Å². The van der Waals surface area contributed by atoms with Crippen LogP contribution in [0.3, 0.4) is 0 Å². The number of carbonyl (C=O) groups is 2. The third kappa shape index (κ3) is 4.12. The van der Waals surface area contributed by atoms with Gasteiger partial charge in [0.15, 0.2) is 0 Å². The maximum atomic E-state index is 13.5. The summed E-state index contributed by atoms with van der Waals surface area (Å²) in [6.45, 7) is 3.69. The smallest absolute Gasteiger partial charge is 0.261 e. The Labute approximate surface area is 132 Å². The van der Waals surface area contributed by atoms with Gasteiger partial charge in [0.25, 0.3) is 11.8 Å². The summed E-state index contributed by atoms with van der Waals surface area (Å²) in [5, 5.41) is 5.13. The lowest BCUT2D eigenvalue weighted by Crippen LogP contribution is -2.30. The molecule has 120 valence electrons. The van der Waals surface area contributed by atoms with Crippen LogP contribution >= 0.6 is 0 Å². The Morgan fingerprint density at radius 3 is 2.00 bits per heavy atom. The van der Waals surface area contributed by atoms with Crippen LogP contribution in [-0.4, -0.2) is 17.9 Å². The SMILES string of the molecule is CC(C)NC(=O)c1ccc(NC(=O)c2c(F)cccc2F)cc1. The third-order valence-electron chi connectivity index (χ3n) is 3.01. The molecule has 0 unspecified atom stereocenters. The van der Waals surface area contributed by atoms with Gasteiger partial charge >= 0.3 is 0 Å². The minimum absolute atomic E-state index is 0.00547. The summed E-state index contributed by atoms with van der Waals surface area (Å²) in [7, 11) is 0. The van der Waals surface area contributed by atoms with E-state index in [2.05, 4.69) is 10.6 Å². The van der Waals surface area contributed by atoms with Crippen LogP contribution in [0.1, 0.15) is 34.6 Å². The van der Waals surface area contributed by atoms with Crippen LogP contribution in [0.15, 0.2) is 42.5 Å². The number of hydrogen-bond donors (Lipinski definition) is 2. The first-order chi connectivity index (χ1) is 10.9. The van der Waals surface area contributed by atoms with Crippen molar-refractivity contribution in [1.82, 2.24) is 5.32 Å². The topological polar surface area (TPSA) is 58.2 Å². The Bertz CT molecular complexity index is 708. The van der Waals surface area contributed by atoms with Gasteiger partial charge in [-0.25, -0.2) is 8.78 Å². The Kier molecular flexibility index (Phi) is 5.05. The first-order valence-corrected chi connectivity index (χ1v) is 7.04. The molecule has 4 nitrogen and oxygen atoms in total. The van der Waals surface area contributed by atoms with Crippen LogP contribution in [0.5, 0.6) is 0 Å². The lowest BCUT2D eigenvalue weighted by atomic mass is 10.1. The second-order valence-corrected chi connectivity index (χ2v) is 5.26. The molecule has 2 amide bonds. The summed E-state index contributed by atoms with van der Waals surface area (Å²) in [6, 6.07) is 9.23. The van der Waals surface area contributed by atoms with Crippen LogP contribution in [0, 0.1) is 11.6 Å². The van der Waals surface area contributed by atoms with Crippen LogP contribution < -0.4 is 10.6 Å². The molecule has 2 N–H and O–H groups in total. The molecule has 6 heteroatoms. The van der Waals surface area contributed by atoms with E-state index in [1.165, 1.54) is 30.3 Å². The highest BCUT2D eigenvalue weighted by molar-refractivity contribution is 6.05. The van der Waals surface area contributed by atoms with E-state index in [1.807, 2.05) is 13.8 Å². The summed E-state index contributed by atoms with van der Waals surface area (Å²) >= 11 is 0. The fourth-order valence-corrected chi connectivity index (χ4v) is 1.96. The molecule has 0 radical (unpaired) electrons. The molecule has 0 bridgehead atoms. The monoisotopic (exact) mass is 318 g/mol. The fourth-order valence-electron chi connectivity index (χ4n) is 1.96. The molecule has 2 aromatic carbocycles. The van der Waals surface area contributed by atoms with Crippen molar-refractivity contribution in [2.75, 3.05) is 5.32 Å². The van der Waals surface area contributed by atoms with Crippen LogP contribution in [-0.2, 0) is 0 Å². The quantitative estimate of drug-likeness (QED) is 0.908. The zero-order valence-corrected chi connectivity index (χ0v) is 12.7. The van der Waals surface area contributed by atoms with Gasteiger partial charge in [0.2, 0.25) is 0 Å². The number of rotatable bonds is 4. The number of amides is 2. The Morgan fingerprint density at radius 2 is 1.48 bits per heavy atom. The number of hydrogen-bond acceptors (Lipinski definition) is 2. The van der Waals surface area contributed by atoms with E-state index in [0.717, 1.165) is 12.1 Å². The Hall–Kier alpha value is -2.76. The fraction of sp³-hybridized carbons (Fsp3) is 0.176. The summed E-state index contributed by atoms with van der Waals surface area (Å²) in [6.07, 6.45) is 0. The van der Waals surface area contributed by atoms with E-state index >= 15 is 0 Å². The van der Waals surface area contributed by atoms with E-state index in [0.29, 0.717) is 11.3 Å². The largest absolute Gasteiger partial charge is 0.350 e. The Balaban J connectivity index is 2.12. The minimum Gasteiger partial charge on any atom is -0.350 e.